The van der Waals surface area contributed by atoms with Gasteiger partial charge in [-0.15, -0.1) is 22.7 Å². The summed E-state index contributed by atoms with van der Waals surface area (Å²) in [6.45, 7) is 8.87. The Hall–Kier alpha value is -6.64. The van der Waals surface area contributed by atoms with E-state index in [9.17, 15) is 39.3 Å². The van der Waals surface area contributed by atoms with Crippen LogP contribution in [0.2, 0.25) is 0 Å². The van der Waals surface area contributed by atoms with Crippen molar-refractivity contribution in [1.82, 2.24) is 40.5 Å². The Bertz CT molecular complexity index is 2970. The molecule has 0 aliphatic carbocycles. The Labute approximate surface area is 424 Å². The fourth-order valence-corrected chi connectivity index (χ4v) is 12.0. The highest BCUT2D eigenvalue weighted by molar-refractivity contribution is 7.13. The van der Waals surface area contributed by atoms with Crippen molar-refractivity contribution in [3.8, 4) is 20.9 Å². The molecule has 3 aromatic heterocycles. The Morgan fingerprint density at radius 1 is 0.833 bits per heavy atom. The number of amides is 5. The number of aliphatic hydroxyl groups excluding tert-OH is 2. The normalized spacial score (nSPS) is 21.0. The zero-order valence-electron chi connectivity index (χ0n) is 40.6. The molecule has 2 fully saturated rings. The topological polar surface area (TPSA) is 232 Å². The van der Waals surface area contributed by atoms with Crippen molar-refractivity contribution in [3.63, 3.8) is 0 Å². The van der Waals surface area contributed by atoms with E-state index in [4.69, 9.17) is 9.51 Å². The molecule has 0 unspecified atom stereocenters. The maximum absolute atomic E-state index is 14.8. The largest absolute Gasteiger partial charge is 0.393 e. The molecule has 3 aromatic carbocycles. The number of aryl methyl sites for hydroxylation is 2. The smallest absolute Gasteiger partial charge is 0.255 e. The predicted molar refractivity (Wildman–Crippen MR) is 269 cm³/mol. The van der Waals surface area contributed by atoms with Gasteiger partial charge in [0.05, 0.1) is 57.1 Å². The zero-order valence-corrected chi connectivity index (χ0v) is 42.3. The van der Waals surface area contributed by atoms with Crippen molar-refractivity contribution in [1.29, 1.82) is 0 Å². The molecule has 3 aliphatic rings. The molecule has 17 nitrogen and oxygen atoms in total. The van der Waals surface area contributed by atoms with Crippen molar-refractivity contribution in [3.05, 3.63) is 135 Å². The van der Waals surface area contributed by atoms with E-state index in [0.717, 1.165) is 43.3 Å². The lowest BCUT2D eigenvalue weighted by Crippen LogP contribution is -2.55. The first-order valence-electron chi connectivity index (χ1n) is 24.1. The third-order valence-electron chi connectivity index (χ3n) is 14.1. The monoisotopic (exact) mass is 1010 g/mol. The Morgan fingerprint density at radius 3 is 2.06 bits per heavy atom. The van der Waals surface area contributed by atoms with Gasteiger partial charge in [0.15, 0.2) is 0 Å². The van der Waals surface area contributed by atoms with E-state index in [0.29, 0.717) is 22.7 Å². The lowest BCUT2D eigenvalue weighted by Gasteiger charge is -2.35. The number of rotatable bonds is 16. The third-order valence-corrected chi connectivity index (χ3v) is 16.0. The minimum atomic E-state index is -1.71. The van der Waals surface area contributed by atoms with Gasteiger partial charge >= 0.3 is 0 Å². The highest BCUT2D eigenvalue weighted by atomic mass is 32.1. The summed E-state index contributed by atoms with van der Waals surface area (Å²) in [5.74, 6) is -3.56. The number of nitrogens with one attached hydrogen (secondary N) is 2. The van der Waals surface area contributed by atoms with Crippen molar-refractivity contribution in [2.45, 2.75) is 109 Å². The average molecular weight is 1020 g/mol. The molecule has 72 heavy (non-hydrogen) atoms. The molecule has 0 radical (unpaired) electrons. The number of likely N-dealkylation sites (tertiary alicyclic amines) is 2. The van der Waals surface area contributed by atoms with Crippen molar-refractivity contribution in [2.24, 2.45) is 5.92 Å². The van der Waals surface area contributed by atoms with Crippen molar-refractivity contribution >= 4 is 52.2 Å². The van der Waals surface area contributed by atoms with Crippen LogP contribution in [0.15, 0.2) is 94.4 Å². The number of hydrogen-bond acceptors (Lipinski definition) is 14. The number of hydrogen-bond donors (Lipinski definition) is 5. The second-order valence-corrected chi connectivity index (χ2v) is 21.3. The first-order chi connectivity index (χ1) is 34.5. The highest BCUT2D eigenvalue weighted by Gasteiger charge is 2.51. The van der Waals surface area contributed by atoms with E-state index in [1.54, 1.807) is 42.0 Å². The van der Waals surface area contributed by atoms with Crippen LogP contribution in [-0.2, 0) is 38.8 Å². The molecule has 5 N–H and O–H groups in total. The molecule has 0 bridgehead atoms. The van der Waals surface area contributed by atoms with Crippen LogP contribution in [0.1, 0.15) is 95.3 Å². The summed E-state index contributed by atoms with van der Waals surface area (Å²) in [7, 11) is 0. The highest BCUT2D eigenvalue weighted by Crippen LogP contribution is 2.42. The average Bonchev–Trinajstić information content (AvgIpc) is 4.26. The van der Waals surface area contributed by atoms with Crippen LogP contribution >= 0.6 is 22.7 Å². The first-order valence-corrected chi connectivity index (χ1v) is 25.8. The van der Waals surface area contributed by atoms with E-state index in [2.05, 4.69) is 20.8 Å². The standard InChI is InChI=1S/C53H58N8O9S2/c1-29(2)45(60-23-37-8-6-7-9-39(37)50(60)66)52(68)61-25-53(69,26-62)20-41(61)49(65)55-22-34-12-16-36(17-13-34)47-44(57-28-72-47)31(4)43(42-18-30(3)58-70-42)51(67)59-24-38(63)19-40(59)48(64)54-21-33-10-14-35(15-11-33)46-32(5)56-27-71-46/h6-18,27-29,31,38,40-41,43,45,62-63,69H,19-26H2,1-5H3,(H,54,64)(H,55,65)/t31-,38+,40-,41-,43+,45-,53-/m0/s1. The van der Waals surface area contributed by atoms with Gasteiger partial charge in [-0.25, -0.2) is 9.97 Å². The van der Waals surface area contributed by atoms with Gasteiger partial charge in [-0.2, -0.15) is 0 Å². The molecular weight excluding hydrogens is 957 g/mol. The molecule has 7 atom stereocenters. The lowest BCUT2D eigenvalue weighted by atomic mass is 9.86. The number of aliphatic hydroxyl groups is 3. The first kappa shape index (κ1) is 50.3. The number of nitrogens with zero attached hydrogens (tertiary/aromatic N) is 6. The second-order valence-electron chi connectivity index (χ2n) is 19.5. The molecule has 376 valence electrons. The van der Waals surface area contributed by atoms with Crippen LogP contribution in [0.4, 0.5) is 0 Å². The second kappa shape index (κ2) is 20.8. The maximum Gasteiger partial charge on any atom is 0.255 e. The third kappa shape index (κ3) is 10.1. The minimum Gasteiger partial charge on any atom is -0.393 e. The summed E-state index contributed by atoms with van der Waals surface area (Å²) >= 11 is 2.96. The van der Waals surface area contributed by atoms with Gasteiger partial charge in [0, 0.05) is 56.6 Å². The van der Waals surface area contributed by atoms with E-state index < -0.39 is 66.0 Å². The molecular formula is C53H58N8O9S2. The van der Waals surface area contributed by atoms with Crippen LogP contribution < -0.4 is 10.6 Å². The molecule has 6 aromatic rings. The predicted octanol–water partition coefficient (Wildman–Crippen LogP) is 5.33. The Balaban J connectivity index is 0.872. The SMILES string of the molecule is Cc1cc([C@H](C(=O)N2C[C@H](O)C[C@H]2C(=O)NCc2ccc(-c3scnc3C)cc2)[C@H](C)c2ncsc2-c2ccc(CNC(=O)[C@@H]3C[C@@](O)(CO)CN3C(=O)[C@H](C(C)C)N3Cc4ccccc4C3=O)cc2)on1. The van der Waals surface area contributed by atoms with Gasteiger partial charge in [-0.3, -0.25) is 24.0 Å². The van der Waals surface area contributed by atoms with Gasteiger partial charge in [-0.05, 0) is 53.6 Å². The van der Waals surface area contributed by atoms with E-state index in [1.165, 1.54) is 26.0 Å². The molecule has 0 spiro atoms. The molecule has 5 amide bonds. The van der Waals surface area contributed by atoms with Crippen LogP contribution in [-0.4, -0.2) is 124 Å². The molecule has 0 saturated carbocycles. The number of β-amino-alcohol motifs (C(OH)–C–C–N with tert-alkyl or cyclic N) is 2. The van der Waals surface area contributed by atoms with Gasteiger partial charge in [-0.1, -0.05) is 92.7 Å². The van der Waals surface area contributed by atoms with Gasteiger partial charge < -0.3 is 45.2 Å². The van der Waals surface area contributed by atoms with Crippen LogP contribution in [0, 0.1) is 19.8 Å². The molecule has 9 rings (SSSR count). The summed E-state index contributed by atoms with van der Waals surface area (Å²) in [6.07, 6.45) is -1.02. The van der Waals surface area contributed by atoms with Gasteiger partial charge in [0.1, 0.15) is 35.4 Å². The zero-order chi connectivity index (χ0) is 51.0. The lowest BCUT2D eigenvalue weighted by molar-refractivity contribution is -0.143. The van der Waals surface area contributed by atoms with Gasteiger partial charge in [0.25, 0.3) is 5.91 Å². The summed E-state index contributed by atoms with van der Waals surface area (Å²) in [5.41, 5.74) is 8.74. The fraction of sp³-hybridized carbons (Fsp3) is 0.396. The number of benzene rings is 3. The van der Waals surface area contributed by atoms with Crippen LogP contribution in [0.5, 0.6) is 0 Å². The van der Waals surface area contributed by atoms with Crippen LogP contribution in [0.3, 0.4) is 0 Å². The maximum atomic E-state index is 14.8. The molecule has 3 aliphatic heterocycles. The Morgan fingerprint density at radius 2 is 1.46 bits per heavy atom. The Kier molecular flexibility index (Phi) is 14.6. The molecule has 19 heteroatoms. The summed E-state index contributed by atoms with van der Waals surface area (Å²) in [4.78, 5) is 85.7. The number of carbonyl (C=O) groups excluding carboxylic acids is 5. The molecule has 2 saturated heterocycles. The number of carbonyl (C=O) groups is 5. The van der Waals surface area contributed by atoms with E-state index >= 15 is 0 Å². The van der Waals surface area contributed by atoms with Crippen molar-refractivity contribution in [2.75, 3.05) is 19.7 Å². The number of thiazole rings is 2. The number of fused-ring (bicyclic) bond motifs is 1. The van der Waals surface area contributed by atoms with Crippen LogP contribution in [0.25, 0.3) is 20.9 Å². The van der Waals surface area contributed by atoms with Crippen molar-refractivity contribution < 1.29 is 43.8 Å². The number of aromatic nitrogens is 3. The quantitative estimate of drug-likeness (QED) is 0.0829. The minimum absolute atomic E-state index is 0.0389. The van der Waals surface area contributed by atoms with Gasteiger partial charge in [0.2, 0.25) is 23.6 Å². The summed E-state index contributed by atoms with van der Waals surface area (Å²) in [5, 5.41) is 42.3. The summed E-state index contributed by atoms with van der Waals surface area (Å²) < 4.78 is 5.76. The fourth-order valence-electron chi connectivity index (χ4n) is 10.3. The van der Waals surface area contributed by atoms with E-state index in [1.807, 2.05) is 93.9 Å². The van der Waals surface area contributed by atoms with E-state index in [-0.39, 0.29) is 63.3 Å². The summed E-state index contributed by atoms with van der Waals surface area (Å²) in [6, 6.07) is 21.3. The molecule has 6 heterocycles.